The molecule has 0 saturated carbocycles. The molecule has 0 fully saturated rings. The molecule has 5 nitrogen and oxygen atoms in total. The third kappa shape index (κ3) is 3.29. The molecule has 2 heterocycles. The first-order chi connectivity index (χ1) is 13.4. The fraction of sp³-hybridized carbons (Fsp3) is 0.150. The van der Waals surface area contributed by atoms with E-state index in [-0.39, 0.29) is 16.9 Å². The lowest BCUT2D eigenvalue weighted by Gasteiger charge is -2.15. The Balaban J connectivity index is 1.64. The Bertz CT molecular complexity index is 1190. The fourth-order valence-corrected chi connectivity index (χ4v) is 3.22. The Hall–Kier alpha value is -3.06. The van der Waals surface area contributed by atoms with Crippen molar-refractivity contribution in [3.8, 4) is 0 Å². The van der Waals surface area contributed by atoms with Gasteiger partial charge in [-0.25, -0.2) is 14.8 Å². The number of para-hydroxylation sites is 2. The number of pyridine rings is 1. The lowest BCUT2D eigenvalue weighted by Crippen LogP contribution is -2.14. The Labute approximate surface area is 163 Å². The van der Waals surface area contributed by atoms with E-state index in [2.05, 4.69) is 9.97 Å². The van der Waals surface area contributed by atoms with Gasteiger partial charge in [-0.1, -0.05) is 23.7 Å². The fourth-order valence-electron chi connectivity index (χ4n) is 3.06. The Kier molecular flexibility index (Phi) is 4.68. The summed E-state index contributed by atoms with van der Waals surface area (Å²) in [5.41, 5.74) is 1.61. The van der Waals surface area contributed by atoms with Crippen LogP contribution in [0.5, 0.6) is 0 Å². The molecule has 142 valence electrons. The van der Waals surface area contributed by atoms with Crippen molar-refractivity contribution in [2.75, 3.05) is 0 Å². The monoisotopic (exact) mass is 401 g/mol. The second-order valence-electron chi connectivity index (χ2n) is 6.20. The van der Waals surface area contributed by atoms with Crippen LogP contribution in [-0.4, -0.2) is 20.5 Å². The molecule has 8 heteroatoms. The molecular weight excluding hydrogens is 388 g/mol. The summed E-state index contributed by atoms with van der Waals surface area (Å²) in [6.45, 7) is -1.29. The van der Waals surface area contributed by atoms with Gasteiger partial charge >= 0.3 is 12.5 Å². The van der Waals surface area contributed by atoms with Crippen LogP contribution in [0.4, 0.5) is 8.78 Å². The van der Waals surface area contributed by atoms with Crippen molar-refractivity contribution >= 4 is 39.5 Å². The Morgan fingerprint density at radius 3 is 2.64 bits per heavy atom. The summed E-state index contributed by atoms with van der Waals surface area (Å²) in [4.78, 5) is 20.9. The van der Waals surface area contributed by atoms with Crippen LogP contribution in [-0.2, 0) is 4.74 Å². The van der Waals surface area contributed by atoms with Crippen molar-refractivity contribution in [2.24, 2.45) is 0 Å². The van der Waals surface area contributed by atoms with Gasteiger partial charge in [0.25, 0.3) is 0 Å². The quantitative estimate of drug-likeness (QED) is 0.332. The van der Waals surface area contributed by atoms with Gasteiger partial charge in [0.1, 0.15) is 5.15 Å². The van der Waals surface area contributed by atoms with Gasteiger partial charge in [0.05, 0.1) is 22.1 Å². The normalized spacial score (nSPS) is 12.6. The first kappa shape index (κ1) is 18.3. The molecule has 4 rings (SSSR count). The predicted molar refractivity (Wildman–Crippen MR) is 102 cm³/mol. The SMILES string of the molecule is CC(OC(=O)c1ccc2nc(Cl)ccc2c1)c1nc2ccccc2n1C(F)F. The second kappa shape index (κ2) is 7.16. The molecule has 0 radical (unpaired) electrons. The minimum Gasteiger partial charge on any atom is -0.451 e. The number of imidazole rings is 1. The maximum absolute atomic E-state index is 13.6. The van der Waals surface area contributed by atoms with E-state index in [0.717, 1.165) is 4.57 Å². The van der Waals surface area contributed by atoms with E-state index >= 15 is 0 Å². The highest BCUT2D eigenvalue weighted by atomic mass is 35.5. The summed E-state index contributed by atoms with van der Waals surface area (Å²) in [7, 11) is 0. The first-order valence-electron chi connectivity index (χ1n) is 8.46. The number of rotatable bonds is 4. The highest BCUT2D eigenvalue weighted by Gasteiger charge is 2.24. The van der Waals surface area contributed by atoms with E-state index in [9.17, 15) is 13.6 Å². The van der Waals surface area contributed by atoms with Crippen molar-refractivity contribution in [1.29, 1.82) is 0 Å². The van der Waals surface area contributed by atoms with Crippen molar-refractivity contribution in [2.45, 2.75) is 19.6 Å². The van der Waals surface area contributed by atoms with Crippen LogP contribution in [0.25, 0.3) is 21.9 Å². The molecule has 2 aromatic heterocycles. The molecule has 2 aromatic carbocycles. The van der Waals surface area contributed by atoms with Gasteiger partial charge in [0, 0.05) is 5.39 Å². The molecule has 0 spiro atoms. The van der Waals surface area contributed by atoms with E-state index in [1.165, 1.54) is 6.92 Å². The Morgan fingerprint density at radius 2 is 1.86 bits per heavy atom. The highest BCUT2D eigenvalue weighted by Crippen LogP contribution is 2.29. The van der Waals surface area contributed by atoms with E-state index in [4.69, 9.17) is 16.3 Å². The standard InChI is InChI=1S/C20H14ClF2N3O2/c1-11(18-25-15-4-2-3-5-16(15)26(18)20(22)23)28-19(27)13-6-8-14-12(10-13)7-9-17(21)24-14/h2-11,20H,1H3. The van der Waals surface area contributed by atoms with E-state index in [1.807, 2.05) is 0 Å². The van der Waals surface area contributed by atoms with Crippen LogP contribution in [0.2, 0.25) is 5.15 Å². The lowest BCUT2D eigenvalue weighted by atomic mass is 10.1. The highest BCUT2D eigenvalue weighted by molar-refractivity contribution is 6.29. The molecule has 0 amide bonds. The number of fused-ring (bicyclic) bond motifs is 2. The van der Waals surface area contributed by atoms with Gasteiger partial charge in [0.15, 0.2) is 11.9 Å². The third-order valence-electron chi connectivity index (χ3n) is 4.36. The zero-order valence-electron chi connectivity index (χ0n) is 14.6. The zero-order chi connectivity index (χ0) is 19.8. The number of nitrogens with zero attached hydrogens (tertiary/aromatic N) is 3. The Morgan fingerprint density at radius 1 is 1.07 bits per heavy atom. The van der Waals surface area contributed by atoms with Gasteiger partial charge in [-0.05, 0) is 49.4 Å². The van der Waals surface area contributed by atoms with Gasteiger partial charge < -0.3 is 4.74 Å². The second-order valence-corrected chi connectivity index (χ2v) is 6.58. The number of benzene rings is 2. The molecule has 1 atom stereocenters. The number of halogens is 3. The summed E-state index contributed by atoms with van der Waals surface area (Å²) in [5, 5.41) is 1.06. The van der Waals surface area contributed by atoms with Gasteiger partial charge in [0.2, 0.25) is 0 Å². The van der Waals surface area contributed by atoms with Crippen LogP contribution in [0.15, 0.2) is 54.6 Å². The average Bonchev–Trinajstić information content (AvgIpc) is 3.07. The number of carbonyl (C=O) groups is 1. The molecule has 0 aliphatic rings. The molecule has 28 heavy (non-hydrogen) atoms. The smallest absolute Gasteiger partial charge is 0.338 e. The number of carbonyl (C=O) groups excluding carboxylic acids is 1. The number of hydrogen-bond acceptors (Lipinski definition) is 4. The average molecular weight is 402 g/mol. The topological polar surface area (TPSA) is 57.0 Å². The maximum Gasteiger partial charge on any atom is 0.338 e. The van der Waals surface area contributed by atoms with E-state index < -0.39 is 18.6 Å². The van der Waals surface area contributed by atoms with E-state index in [1.54, 1.807) is 54.6 Å². The molecule has 0 aliphatic carbocycles. The molecule has 0 N–H and O–H groups in total. The van der Waals surface area contributed by atoms with Crippen LogP contribution in [0.3, 0.4) is 0 Å². The minimum absolute atomic E-state index is 0.0150. The lowest BCUT2D eigenvalue weighted by molar-refractivity contribution is 0.0233. The molecule has 0 saturated heterocycles. The number of hydrogen-bond donors (Lipinski definition) is 0. The summed E-state index contributed by atoms with van der Waals surface area (Å²) < 4.78 is 33.4. The number of alkyl halides is 2. The number of ether oxygens (including phenoxy) is 1. The third-order valence-corrected chi connectivity index (χ3v) is 4.57. The summed E-state index contributed by atoms with van der Waals surface area (Å²) in [5.74, 6) is -0.656. The zero-order valence-corrected chi connectivity index (χ0v) is 15.4. The molecule has 4 aromatic rings. The van der Waals surface area contributed by atoms with Crippen LogP contribution < -0.4 is 0 Å². The minimum atomic E-state index is -2.81. The summed E-state index contributed by atoms with van der Waals surface area (Å²) in [6, 6.07) is 14.7. The number of esters is 1. The van der Waals surface area contributed by atoms with E-state index in [0.29, 0.717) is 21.6 Å². The molecular formula is C20H14ClF2N3O2. The number of aromatic nitrogens is 3. The first-order valence-corrected chi connectivity index (χ1v) is 8.84. The largest absolute Gasteiger partial charge is 0.451 e. The van der Waals surface area contributed by atoms with Gasteiger partial charge in [-0.15, -0.1) is 0 Å². The summed E-state index contributed by atoms with van der Waals surface area (Å²) >= 11 is 5.86. The van der Waals surface area contributed by atoms with Gasteiger partial charge in [-0.2, -0.15) is 8.78 Å². The van der Waals surface area contributed by atoms with Crippen molar-refractivity contribution in [1.82, 2.24) is 14.5 Å². The van der Waals surface area contributed by atoms with Crippen molar-refractivity contribution in [3.63, 3.8) is 0 Å². The molecule has 0 bridgehead atoms. The molecule has 1 unspecified atom stereocenters. The van der Waals surface area contributed by atoms with Crippen molar-refractivity contribution < 1.29 is 18.3 Å². The molecule has 0 aliphatic heterocycles. The van der Waals surface area contributed by atoms with Crippen molar-refractivity contribution in [3.05, 3.63) is 71.1 Å². The van der Waals surface area contributed by atoms with Crippen LogP contribution in [0, 0.1) is 0 Å². The van der Waals surface area contributed by atoms with Crippen LogP contribution in [0.1, 0.15) is 35.8 Å². The maximum atomic E-state index is 13.6. The summed E-state index contributed by atoms with van der Waals surface area (Å²) in [6.07, 6.45) is -0.965. The van der Waals surface area contributed by atoms with Gasteiger partial charge in [-0.3, -0.25) is 4.57 Å². The van der Waals surface area contributed by atoms with Crippen LogP contribution >= 0.6 is 11.6 Å². The predicted octanol–water partition coefficient (Wildman–Crippen LogP) is 5.55.